The van der Waals surface area contributed by atoms with Crippen LogP contribution in [-0.4, -0.2) is 35.8 Å². The number of carbonyl (C=O) groups excluding carboxylic acids is 3. The molecule has 3 amide bonds. The number of likely N-dealkylation sites (tertiary alicyclic amines) is 1. The van der Waals surface area contributed by atoms with Gasteiger partial charge in [0.1, 0.15) is 12.4 Å². The van der Waals surface area contributed by atoms with E-state index >= 15 is 0 Å². The summed E-state index contributed by atoms with van der Waals surface area (Å²) in [4.78, 5) is 42.9. The lowest BCUT2D eigenvalue weighted by molar-refractivity contribution is -0.141. The molecule has 160 valence electrons. The molecule has 3 aromatic carbocycles. The van der Waals surface area contributed by atoms with E-state index in [2.05, 4.69) is 0 Å². The smallest absolute Gasteiger partial charge is 0.250 e. The van der Waals surface area contributed by atoms with Crippen LogP contribution in [-0.2, 0) is 26.3 Å². The number of nitrogens with zero attached hydrogens (tertiary/aromatic N) is 2. The molecule has 1 fully saturated rings. The van der Waals surface area contributed by atoms with Crippen molar-refractivity contribution in [1.82, 2.24) is 4.90 Å². The van der Waals surface area contributed by atoms with Crippen molar-refractivity contribution in [3.63, 3.8) is 0 Å². The maximum atomic E-state index is 13.7. The number of rotatable bonds is 6. The topological polar surface area (TPSA) is 66.9 Å². The third kappa shape index (κ3) is 3.15. The lowest BCUT2D eigenvalue weighted by Gasteiger charge is -2.22. The minimum Gasteiger partial charge on any atom is -0.492 e. The van der Waals surface area contributed by atoms with Gasteiger partial charge in [-0.2, -0.15) is 0 Å². The maximum absolute atomic E-state index is 13.7. The van der Waals surface area contributed by atoms with Crippen molar-refractivity contribution in [1.29, 1.82) is 0 Å². The van der Waals surface area contributed by atoms with E-state index in [1.54, 1.807) is 17.0 Å². The summed E-state index contributed by atoms with van der Waals surface area (Å²) in [6, 6.07) is 26.1. The predicted molar refractivity (Wildman–Crippen MR) is 119 cm³/mol. The molecule has 2 heterocycles. The van der Waals surface area contributed by atoms with Crippen LogP contribution < -0.4 is 9.64 Å². The molecule has 0 aromatic heterocycles. The van der Waals surface area contributed by atoms with Gasteiger partial charge in [-0.15, -0.1) is 0 Å². The molecule has 1 saturated heterocycles. The van der Waals surface area contributed by atoms with Gasteiger partial charge in [0.2, 0.25) is 17.7 Å². The summed E-state index contributed by atoms with van der Waals surface area (Å²) in [7, 11) is 0. The van der Waals surface area contributed by atoms with Crippen molar-refractivity contribution in [3.05, 3.63) is 96.1 Å². The molecular formula is C26H22N2O4. The number of hydrogen-bond donors (Lipinski definition) is 0. The van der Waals surface area contributed by atoms with E-state index in [0.717, 1.165) is 5.56 Å². The van der Waals surface area contributed by atoms with Crippen LogP contribution in [0.3, 0.4) is 0 Å². The van der Waals surface area contributed by atoms with Crippen LogP contribution in [0.2, 0.25) is 0 Å². The Bertz CT molecular complexity index is 1180. The van der Waals surface area contributed by atoms with Crippen molar-refractivity contribution >= 4 is 23.4 Å². The maximum Gasteiger partial charge on any atom is 0.250 e. The molecule has 0 bridgehead atoms. The van der Waals surface area contributed by atoms with Crippen LogP contribution in [0.15, 0.2) is 84.9 Å². The van der Waals surface area contributed by atoms with E-state index in [-0.39, 0.29) is 31.4 Å². The predicted octanol–water partition coefficient (Wildman–Crippen LogP) is 3.31. The number of carbonyl (C=O) groups is 3. The molecule has 0 N–H and O–H groups in total. The number of benzene rings is 3. The minimum atomic E-state index is -1.49. The zero-order valence-corrected chi connectivity index (χ0v) is 17.4. The third-order valence-electron chi connectivity index (χ3n) is 6.10. The van der Waals surface area contributed by atoms with Crippen LogP contribution in [0.5, 0.6) is 5.75 Å². The largest absolute Gasteiger partial charge is 0.492 e. The Kier molecular flexibility index (Phi) is 4.98. The first-order valence-electron chi connectivity index (χ1n) is 10.6. The van der Waals surface area contributed by atoms with E-state index in [1.165, 1.54) is 4.90 Å². The Morgan fingerprint density at radius 3 is 2.12 bits per heavy atom. The van der Waals surface area contributed by atoms with Crippen LogP contribution in [0, 0.1) is 0 Å². The summed E-state index contributed by atoms with van der Waals surface area (Å²) < 4.78 is 5.67. The average molecular weight is 426 g/mol. The van der Waals surface area contributed by atoms with Gasteiger partial charge in [-0.1, -0.05) is 66.7 Å². The average Bonchev–Trinajstić information content (AvgIpc) is 3.22. The zero-order valence-electron chi connectivity index (χ0n) is 17.4. The lowest BCUT2D eigenvalue weighted by Crippen LogP contribution is -2.47. The highest BCUT2D eigenvalue weighted by atomic mass is 16.5. The quantitative estimate of drug-likeness (QED) is 0.448. The summed E-state index contributed by atoms with van der Waals surface area (Å²) in [6.45, 7) is 0.612. The van der Waals surface area contributed by atoms with E-state index in [9.17, 15) is 14.4 Å². The molecule has 3 aromatic rings. The second-order valence-electron chi connectivity index (χ2n) is 7.99. The van der Waals surface area contributed by atoms with Crippen molar-refractivity contribution in [2.75, 3.05) is 18.1 Å². The van der Waals surface area contributed by atoms with E-state index in [1.807, 2.05) is 72.8 Å². The fraction of sp³-hybridized carbons (Fsp3) is 0.192. The highest BCUT2D eigenvalue weighted by Crippen LogP contribution is 2.48. The highest BCUT2D eigenvalue weighted by Gasteiger charge is 2.63. The summed E-state index contributed by atoms with van der Waals surface area (Å²) in [6.07, 6.45) is -0.154. The van der Waals surface area contributed by atoms with Crippen LogP contribution >= 0.6 is 0 Å². The lowest BCUT2D eigenvalue weighted by atomic mass is 9.80. The van der Waals surface area contributed by atoms with Gasteiger partial charge in [-0.3, -0.25) is 19.3 Å². The van der Waals surface area contributed by atoms with Gasteiger partial charge in [0.25, 0.3) is 0 Å². The molecular weight excluding hydrogens is 404 g/mol. The minimum absolute atomic E-state index is 0.0996. The molecule has 1 atom stereocenters. The molecule has 2 aliphatic heterocycles. The fourth-order valence-corrected chi connectivity index (χ4v) is 4.56. The number of imide groups is 1. The first-order chi connectivity index (χ1) is 15.6. The summed E-state index contributed by atoms with van der Waals surface area (Å²) in [5.41, 5.74) is 0.753. The summed E-state index contributed by atoms with van der Waals surface area (Å²) in [5.74, 6) is -0.492. The SMILES string of the molecule is O=C1CC2(C(=O)N1CCOc1ccccc1)C(=O)N(Cc1ccccc1)c1ccccc12. The first kappa shape index (κ1) is 20.0. The normalized spacial score (nSPS) is 19.7. The second kappa shape index (κ2) is 7.96. The highest BCUT2D eigenvalue weighted by molar-refractivity contribution is 6.28. The van der Waals surface area contributed by atoms with Gasteiger partial charge in [0, 0.05) is 11.3 Å². The Labute approximate surface area is 186 Å². The molecule has 32 heavy (non-hydrogen) atoms. The molecule has 1 unspecified atom stereocenters. The van der Waals surface area contributed by atoms with E-state index < -0.39 is 11.3 Å². The molecule has 0 saturated carbocycles. The molecule has 2 aliphatic rings. The molecule has 0 radical (unpaired) electrons. The van der Waals surface area contributed by atoms with Crippen LogP contribution in [0.1, 0.15) is 17.5 Å². The third-order valence-corrected chi connectivity index (χ3v) is 6.10. The van der Waals surface area contributed by atoms with Crippen molar-refractivity contribution in [2.24, 2.45) is 0 Å². The Morgan fingerprint density at radius 2 is 1.38 bits per heavy atom. The monoisotopic (exact) mass is 426 g/mol. The number of para-hydroxylation sites is 2. The first-order valence-corrected chi connectivity index (χ1v) is 10.6. The van der Waals surface area contributed by atoms with Gasteiger partial charge in [-0.05, 0) is 23.8 Å². The number of anilines is 1. The molecule has 1 spiro atoms. The second-order valence-corrected chi connectivity index (χ2v) is 7.99. The van der Waals surface area contributed by atoms with Gasteiger partial charge in [-0.25, -0.2) is 0 Å². The zero-order chi connectivity index (χ0) is 22.1. The van der Waals surface area contributed by atoms with Gasteiger partial charge < -0.3 is 9.64 Å². The Morgan fingerprint density at radius 1 is 0.750 bits per heavy atom. The van der Waals surface area contributed by atoms with E-state index in [4.69, 9.17) is 4.74 Å². The van der Waals surface area contributed by atoms with E-state index in [0.29, 0.717) is 23.5 Å². The van der Waals surface area contributed by atoms with Crippen molar-refractivity contribution in [2.45, 2.75) is 18.4 Å². The Balaban J connectivity index is 1.41. The van der Waals surface area contributed by atoms with Crippen LogP contribution in [0.4, 0.5) is 5.69 Å². The van der Waals surface area contributed by atoms with Gasteiger partial charge in [0.05, 0.1) is 19.5 Å². The molecule has 0 aliphatic carbocycles. The summed E-state index contributed by atoms with van der Waals surface area (Å²) in [5, 5.41) is 0. The summed E-state index contributed by atoms with van der Waals surface area (Å²) >= 11 is 0. The molecule has 6 heteroatoms. The van der Waals surface area contributed by atoms with Gasteiger partial charge >= 0.3 is 0 Å². The number of ether oxygens (including phenoxy) is 1. The van der Waals surface area contributed by atoms with Gasteiger partial charge in [0.15, 0.2) is 5.41 Å². The van der Waals surface area contributed by atoms with Crippen LogP contribution in [0.25, 0.3) is 0 Å². The number of fused-ring (bicyclic) bond motifs is 2. The standard InChI is InChI=1S/C26H22N2O4/c29-23-17-26(24(30)27(23)15-16-32-20-11-5-2-6-12-20)21-13-7-8-14-22(21)28(25(26)31)18-19-9-3-1-4-10-19/h1-14H,15-18H2. The number of hydrogen-bond acceptors (Lipinski definition) is 4. The molecule has 5 rings (SSSR count). The Hall–Kier alpha value is -3.93. The molecule has 6 nitrogen and oxygen atoms in total. The number of amides is 3. The fourth-order valence-electron chi connectivity index (χ4n) is 4.56. The van der Waals surface area contributed by atoms with Crippen molar-refractivity contribution in [3.8, 4) is 5.75 Å². The van der Waals surface area contributed by atoms with Crippen molar-refractivity contribution < 1.29 is 19.1 Å².